The molecule has 0 saturated heterocycles. The number of rotatable bonds is 7. The molecule has 0 fully saturated rings. The van der Waals surface area contributed by atoms with Crippen LogP contribution in [0.2, 0.25) is 0 Å². The molecule has 2 nitrogen and oxygen atoms in total. The number of hydrogen-bond donors (Lipinski definition) is 0. The zero-order chi connectivity index (χ0) is 38.4. The summed E-state index contributed by atoms with van der Waals surface area (Å²) in [5.41, 5.74) is 14.1. The van der Waals surface area contributed by atoms with Gasteiger partial charge in [-0.15, -0.1) is 0 Å². The maximum atomic E-state index is 2.42. The van der Waals surface area contributed by atoms with Crippen molar-refractivity contribution in [3.8, 4) is 39.1 Å². The van der Waals surface area contributed by atoms with E-state index in [1.807, 2.05) is 0 Å². The van der Waals surface area contributed by atoms with Crippen LogP contribution in [0.4, 0.5) is 17.1 Å². The molecule has 0 bridgehead atoms. The third-order valence-electron chi connectivity index (χ3n) is 11.6. The molecule has 10 aromatic carbocycles. The van der Waals surface area contributed by atoms with Crippen LogP contribution in [0.15, 0.2) is 231 Å². The molecule has 2 heteroatoms. The van der Waals surface area contributed by atoms with Crippen LogP contribution in [0.25, 0.3) is 82.4 Å². The lowest BCUT2D eigenvalue weighted by atomic mass is 9.95. The molecule has 0 saturated carbocycles. The van der Waals surface area contributed by atoms with Gasteiger partial charge >= 0.3 is 0 Å². The van der Waals surface area contributed by atoms with Gasteiger partial charge in [0.1, 0.15) is 0 Å². The molecule has 58 heavy (non-hydrogen) atoms. The largest absolute Gasteiger partial charge is 0.310 e. The zero-order valence-corrected chi connectivity index (χ0v) is 31.8. The van der Waals surface area contributed by atoms with E-state index in [0.29, 0.717) is 0 Å². The Bertz CT molecular complexity index is 3260. The maximum Gasteiger partial charge on any atom is 0.0562 e. The number of nitrogens with zero attached hydrogens (tertiary/aromatic N) is 2. The highest BCUT2D eigenvalue weighted by atomic mass is 15.1. The molecule has 272 valence electrons. The van der Waals surface area contributed by atoms with E-state index in [0.717, 1.165) is 22.7 Å². The fraction of sp³-hybridized carbons (Fsp3) is 0. The van der Waals surface area contributed by atoms with Crippen LogP contribution in [0.5, 0.6) is 0 Å². The summed E-state index contributed by atoms with van der Waals surface area (Å²) >= 11 is 0. The average molecular weight is 739 g/mol. The number of para-hydroxylation sites is 2. The smallest absolute Gasteiger partial charge is 0.0562 e. The molecule has 0 radical (unpaired) electrons. The Morgan fingerprint density at radius 3 is 1.50 bits per heavy atom. The third kappa shape index (κ3) is 5.74. The fourth-order valence-electron chi connectivity index (χ4n) is 8.88. The van der Waals surface area contributed by atoms with Crippen molar-refractivity contribution in [1.82, 2.24) is 4.57 Å². The summed E-state index contributed by atoms with van der Waals surface area (Å²) in [5, 5.41) is 7.45. The molecule has 0 aliphatic heterocycles. The van der Waals surface area contributed by atoms with Crippen molar-refractivity contribution >= 4 is 60.4 Å². The topological polar surface area (TPSA) is 8.17 Å². The van der Waals surface area contributed by atoms with Crippen LogP contribution in [0.1, 0.15) is 0 Å². The molecule has 0 N–H and O–H groups in total. The Morgan fingerprint density at radius 2 is 0.810 bits per heavy atom. The number of anilines is 3. The fourth-order valence-corrected chi connectivity index (χ4v) is 8.88. The van der Waals surface area contributed by atoms with Crippen molar-refractivity contribution in [1.29, 1.82) is 0 Å². The van der Waals surface area contributed by atoms with E-state index in [1.165, 1.54) is 76.7 Å². The highest BCUT2D eigenvalue weighted by Crippen LogP contribution is 2.45. The predicted molar refractivity (Wildman–Crippen MR) is 247 cm³/mol. The van der Waals surface area contributed by atoms with E-state index in [1.54, 1.807) is 0 Å². The van der Waals surface area contributed by atoms with Gasteiger partial charge in [-0.2, -0.15) is 0 Å². The molecule has 0 unspecified atom stereocenters. The van der Waals surface area contributed by atoms with Crippen molar-refractivity contribution in [3.05, 3.63) is 231 Å². The highest BCUT2D eigenvalue weighted by molar-refractivity contribution is 6.16. The van der Waals surface area contributed by atoms with E-state index >= 15 is 0 Å². The molecule has 0 aliphatic rings. The Hall–Kier alpha value is -7.68. The van der Waals surface area contributed by atoms with Gasteiger partial charge in [0.15, 0.2) is 0 Å². The zero-order valence-electron chi connectivity index (χ0n) is 31.8. The summed E-state index contributed by atoms with van der Waals surface area (Å²) < 4.78 is 2.39. The SMILES string of the molecule is c1ccc(-n2c3ccccc3c3c(N(c4ccc(-c5cccc(-c6cccc7ccccc67)c5)cc4)c4ccc(-c5cccc6ccccc56)cc4)cccc32)cc1. The summed E-state index contributed by atoms with van der Waals surface area (Å²) in [7, 11) is 0. The first-order valence-corrected chi connectivity index (χ1v) is 19.9. The van der Waals surface area contributed by atoms with Crippen molar-refractivity contribution in [2.24, 2.45) is 0 Å². The Morgan fingerprint density at radius 1 is 0.310 bits per heavy atom. The number of fused-ring (bicyclic) bond motifs is 5. The molecule has 11 rings (SSSR count). The minimum Gasteiger partial charge on any atom is -0.310 e. The van der Waals surface area contributed by atoms with Gasteiger partial charge in [0.25, 0.3) is 0 Å². The number of hydrogen-bond acceptors (Lipinski definition) is 1. The second-order valence-electron chi connectivity index (χ2n) is 14.9. The van der Waals surface area contributed by atoms with Crippen LogP contribution in [-0.4, -0.2) is 4.57 Å². The van der Waals surface area contributed by atoms with E-state index in [2.05, 4.69) is 240 Å². The maximum absolute atomic E-state index is 2.42. The quantitative estimate of drug-likeness (QED) is 0.158. The first kappa shape index (κ1) is 33.6. The van der Waals surface area contributed by atoms with Gasteiger partial charge < -0.3 is 9.47 Å². The number of benzene rings is 10. The third-order valence-corrected chi connectivity index (χ3v) is 11.6. The van der Waals surface area contributed by atoms with Crippen molar-refractivity contribution in [2.45, 2.75) is 0 Å². The summed E-state index contributed by atoms with van der Waals surface area (Å²) in [5.74, 6) is 0. The van der Waals surface area contributed by atoms with Gasteiger partial charge in [-0.25, -0.2) is 0 Å². The molecule has 0 aliphatic carbocycles. The van der Waals surface area contributed by atoms with Crippen LogP contribution in [-0.2, 0) is 0 Å². The average Bonchev–Trinajstić information content (AvgIpc) is 3.65. The van der Waals surface area contributed by atoms with Crippen molar-refractivity contribution < 1.29 is 0 Å². The molecule has 1 heterocycles. The second kappa shape index (κ2) is 14.1. The molecule has 0 amide bonds. The van der Waals surface area contributed by atoms with Gasteiger partial charge in [0, 0.05) is 27.8 Å². The highest BCUT2D eigenvalue weighted by Gasteiger charge is 2.21. The molecular weight excluding hydrogens is 701 g/mol. The van der Waals surface area contributed by atoms with E-state index in [4.69, 9.17) is 0 Å². The molecule has 0 atom stereocenters. The minimum atomic E-state index is 1.09. The second-order valence-corrected chi connectivity index (χ2v) is 14.9. The Labute approximate surface area is 338 Å². The first-order valence-electron chi connectivity index (χ1n) is 19.9. The monoisotopic (exact) mass is 738 g/mol. The van der Waals surface area contributed by atoms with Gasteiger partial charge in [-0.05, 0) is 116 Å². The van der Waals surface area contributed by atoms with Gasteiger partial charge in [0.05, 0.1) is 16.7 Å². The standard InChI is InChI=1S/C56H38N2/c1-2-20-45(21-3-1)58-53-27-9-8-24-52(53)56-54(28-13-29-55(56)58)57(47-36-32-42(33-37-47)50-25-11-16-40-14-4-6-22-48(40)50)46-34-30-39(31-35-46)43-18-10-19-44(38-43)51-26-12-17-41-15-5-7-23-49(41)51/h1-38H. The number of aromatic nitrogens is 1. The van der Waals surface area contributed by atoms with Gasteiger partial charge in [-0.1, -0.05) is 170 Å². The predicted octanol–water partition coefficient (Wildman–Crippen LogP) is 15.6. The Balaban J connectivity index is 1.06. The lowest BCUT2D eigenvalue weighted by molar-refractivity contribution is 1.18. The van der Waals surface area contributed by atoms with Crippen LogP contribution in [0.3, 0.4) is 0 Å². The van der Waals surface area contributed by atoms with Crippen LogP contribution >= 0.6 is 0 Å². The lowest BCUT2D eigenvalue weighted by Gasteiger charge is -2.27. The van der Waals surface area contributed by atoms with Gasteiger partial charge in [-0.3, -0.25) is 0 Å². The first-order chi connectivity index (χ1) is 28.8. The van der Waals surface area contributed by atoms with Crippen molar-refractivity contribution in [2.75, 3.05) is 4.90 Å². The van der Waals surface area contributed by atoms with E-state index in [-0.39, 0.29) is 0 Å². The molecule has 0 spiro atoms. The lowest BCUT2D eigenvalue weighted by Crippen LogP contribution is -2.10. The van der Waals surface area contributed by atoms with Crippen LogP contribution < -0.4 is 4.90 Å². The minimum absolute atomic E-state index is 1.09. The van der Waals surface area contributed by atoms with E-state index in [9.17, 15) is 0 Å². The summed E-state index contributed by atoms with van der Waals surface area (Å²) in [6.07, 6.45) is 0. The Kier molecular flexibility index (Phi) is 8.19. The molecular formula is C56H38N2. The molecule has 11 aromatic rings. The normalized spacial score (nSPS) is 11.4. The summed E-state index contributed by atoms with van der Waals surface area (Å²) in [6, 6.07) is 83.6. The van der Waals surface area contributed by atoms with Gasteiger partial charge in [0.2, 0.25) is 0 Å². The van der Waals surface area contributed by atoms with Crippen molar-refractivity contribution in [3.63, 3.8) is 0 Å². The summed E-state index contributed by atoms with van der Waals surface area (Å²) in [4.78, 5) is 2.42. The summed E-state index contributed by atoms with van der Waals surface area (Å²) in [6.45, 7) is 0. The van der Waals surface area contributed by atoms with E-state index < -0.39 is 0 Å². The van der Waals surface area contributed by atoms with Crippen LogP contribution in [0, 0.1) is 0 Å². The molecule has 1 aromatic heterocycles.